The molecular weight excluding hydrogens is 250 g/mol. The third-order valence-electron chi connectivity index (χ3n) is 3.33. The second-order valence-corrected chi connectivity index (χ2v) is 4.77. The van der Waals surface area contributed by atoms with Gasteiger partial charge in [0, 0.05) is 23.2 Å². The smallest absolute Gasteiger partial charge is 0.0831 e. The molecular formula is C15H17N5. The van der Waals surface area contributed by atoms with Gasteiger partial charge in [-0.2, -0.15) is 0 Å². The summed E-state index contributed by atoms with van der Waals surface area (Å²) in [5.41, 5.74) is 7.54. The van der Waals surface area contributed by atoms with E-state index in [1.54, 1.807) is 6.20 Å². The minimum absolute atomic E-state index is 0.727. The van der Waals surface area contributed by atoms with Gasteiger partial charge in [-0.1, -0.05) is 17.3 Å². The average molecular weight is 267 g/mol. The van der Waals surface area contributed by atoms with Crippen LogP contribution in [0.4, 0.5) is 0 Å². The third-order valence-corrected chi connectivity index (χ3v) is 3.33. The Hall–Kier alpha value is -2.27. The van der Waals surface area contributed by atoms with Crippen LogP contribution >= 0.6 is 0 Å². The highest BCUT2D eigenvalue weighted by Gasteiger charge is 2.06. The Morgan fingerprint density at radius 3 is 3.00 bits per heavy atom. The quantitative estimate of drug-likeness (QED) is 0.719. The number of aryl methyl sites for hydroxylation is 1. The lowest BCUT2D eigenvalue weighted by atomic mass is 10.1. The lowest BCUT2D eigenvalue weighted by molar-refractivity contribution is 0.727. The molecule has 3 aromatic rings. The Kier molecular flexibility index (Phi) is 3.69. The molecule has 0 fully saturated rings. The first-order valence-electron chi connectivity index (χ1n) is 6.83. The average Bonchev–Trinajstić information content (AvgIpc) is 2.96. The number of aromatic nitrogens is 4. The zero-order valence-corrected chi connectivity index (χ0v) is 11.2. The lowest BCUT2D eigenvalue weighted by Crippen LogP contribution is -1.99. The van der Waals surface area contributed by atoms with Crippen LogP contribution in [0.25, 0.3) is 16.5 Å². The molecule has 0 aliphatic heterocycles. The molecule has 3 rings (SSSR count). The van der Waals surface area contributed by atoms with Crippen LogP contribution in [0.15, 0.2) is 42.9 Å². The molecule has 0 bridgehead atoms. The summed E-state index contributed by atoms with van der Waals surface area (Å²) in [6, 6.07) is 8.10. The maximum atomic E-state index is 5.50. The number of nitrogens with two attached hydrogens (primary N) is 1. The fourth-order valence-corrected chi connectivity index (χ4v) is 2.29. The molecule has 5 heteroatoms. The monoisotopic (exact) mass is 267 g/mol. The summed E-state index contributed by atoms with van der Waals surface area (Å²) in [6.07, 6.45) is 8.64. The zero-order chi connectivity index (χ0) is 13.8. The van der Waals surface area contributed by atoms with Crippen LogP contribution in [-0.4, -0.2) is 26.5 Å². The maximum absolute atomic E-state index is 5.50. The first kappa shape index (κ1) is 12.7. The summed E-state index contributed by atoms with van der Waals surface area (Å²) in [7, 11) is 0. The number of benzene rings is 1. The van der Waals surface area contributed by atoms with Crippen LogP contribution in [0.3, 0.4) is 0 Å². The van der Waals surface area contributed by atoms with Crippen molar-refractivity contribution in [2.45, 2.75) is 19.3 Å². The van der Waals surface area contributed by atoms with E-state index in [0.717, 1.165) is 48.0 Å². The number of hydrogen-bond donors (Lipinski definition) is 1. The predicted molar refractivity (Wildman–Crippen MR) is 78.7 cm³/mol. The van der Waals surface area contributed by atoms with Gasteiger partial charge < -0.3 is 5.73 Å². The van der Waals surface area contributed by atoms with Crippen LogP contribution < -0.4 is 5.73 Å². The van der Waals surface area contributed by atoms with Gasteiger partial charge in [0.15, 0.2) is 0 Å². The van der Waals surface area contributed by atoms with E-state index in [9.17, 15) is 0 Å². The van der Waals surface area contributed by atoms with E-state index in [2.05, 4.69) is 15.3 Å². The second-order valence-electron chi connectivity index (χ2n) is 4.77. The molecule has 20 heavy (non-hydrogen) atoms. The molecule has 2 heterocycles. The molecule has 0 radical (unpaired) electrons. The van der Waals surface area contributed by atoms with Gasteiger partial charge in [0.25, 0.3) is 0 Å². The summed E-state index contributed by atoms with van der Waals surface area (Å²) < 4.78 is 1.83. The van der Waals surface area contributed by atoms with Crippen LogP contribution in [0.1, 0.15) is 18.5 Å². The normalized spacial score (nSPS) is 11.1. The van der Waals surface area contributed by atoms with Crippen molar-refractivity contribution in [3.05, 3.63) is 48.5 Å². The molecule has 1 aromatic carbocycles. The van der Waals surface area contributed by atoms with Gasteiger partial charge in [0.2, 0.25) is 0 Å². The fraction of sp³-hybridized carbons (Fsp3) is 0.267. The summed E-state index contributed by atoms with van der Waals surface area (Å²) in [6.45, 7) is 0.727. The van der Waals surface area contributed by atoms with Gasteiger partial charge in [-0.3, -0.25) is 4.98 Å². The minimum Gasteiger partial charge on any atom is -0.330 e. The van der Waals surface area contributed by atoms with Gasteiger partial charge in [0.1, 0.15) is 0 Å². The van der Waals surface area contributed by atoms with E-state index in [0.29, 0.717) is 0 Å². The molecule has 0 atom stereocenters. The Balaban J connectivity index is 1.91. The summed E-state index contributed by atoms with van der Waals surface area (Å²) in [4.78, 5) is 4.15. The van der Waals surface area contributed by atoms with Crippen molar-refractivity contribution < 1.29 is 0 Å². The van der Waals surface area contributed by atoms with E-state index in [1.165, 1.54) is 0 Å². The molecule has 0 aliphatic carbocycles. The van der Waals surface area contributed by atoms with E-state index >= 15 is 0 Å². The largest absolute Gasteiger partial charge is 0.330 e. The highest BCUT2D eigenvalue weighted by atomic mass is 15.4. The van der Waals surface area contributed by atoms with Gasteiger partial charge in [-0.25, -0.2) is 4.68 Å². The number of nitrogens with zero attached hydrogens (tertiary/aromatic N) is 4. The van der Waals surface area contributed by atoms with Crippen molar-refractivity contribution in [3.63, 3.8) is 0 Å². The molecule has 0 saturated heterocycles. The summed E-state index contributed by atoms with van der Waals surface area (Å²) in [5, 5.41) is 10.7. The van der Waals surface area contributed by atoms with E-state index in [4.69, 9.17) is 5.73 Å². The SMILES string of the molecule is NCCCCc1cn(-c2cccc3cnccc23)nn1. The molecule has 0 amide bonds. The van der Waals surface area contributed by atoms with Crippen LogP contribution in [0.2, 0.25) is 0 Å². The number of hydrogen-bond acceptors (Lipinski definition) is 4. The van der Waals surface area contributed by atoms with Crippen molar-refractivity contribution in [2.24, 2.45) is 5.73 Å². The van der Waals surface area contributed by atoms with Crippen LogP contribution in [-0.2, 0) is 6.42 Å². The van der Waals surface area contributed by atoms with Gasteiger partial charge in [-0.15, -0.1) is 5.10 Å². The van der Waals surface area contributed by atoms with Crippen molar-refractivity contribution in [1.29, 1.82) is 0 Å². The molecule has 2 N–H and O–H groups in total. The fourth-order valence-electron chi connectivity index (χ4n) is 2.29. The Labute approximate surface area is 117 Å². The molecule has 0 aliphatic rings. The van der Waals surface area contributed by atoms with Crippen LogP contribution in [0, 0.1) is 0 Å². The lowest BCUT2D eigenvalue weighted by Gasteiger charge is -2.04. The van der Waals surface area contributed by atoms with Gasteiger partial charge in [-0.05, 0) is 37.9 Å². The van der Waals surface area contributed by atoms with Crippen molar-refractivity contribution in [1.82, 2.24) is 20.0 Å². The summed E-state index contributed by atoms with van der Waals surface area (Å²) >= 11 is 0. The second kappa shape index (κ2) is 5.79. The molecule has 5 nitrogen and oxygen atoms in total. The van der Waals surface area contributed by atoms with Crippen molar-refractivity contribution in [3.8, 4) is 5.69 Å². The van der Waals surface area contributed by atoms with Gasteiger partial charge >= 0.3 is 0 Å². The zero-order valence-electron chi connectivity index (χ0n) is 11.2. The Morgan fingerprint density at radius 1 is 1.15 bits per heavy atom. The number of fused-ring (bicyclic) bond motifs is 1. The van der Waals surface area contributed by atoms with E-state index in [1.807, 2.05) is 41.3 Å². The van der Waals surface area contributed by atoms with Gasteiger partial charge in [0.05, 0.1) is 17.6 Å². The highest BCUT2D eigenvalue weighted by Crippen LogP contribution is 2.20. The topological polar surface area (TPSA) is 69.6 Å². The van der Waals surface area contributed by atoms with E-state index in [-0.39, 0.29) is 0 Å². The van der Waals surface area contributed by atoms with Crippen LogP contribution in [0.5, 0.6) is 0 Å². The molecule has 0 spiro atoms. The molecule has 0 unspecified atom stereocenters. The molecule has 0 saturated carbocycles. The number of pyridine rings is 1. The van der Waals surface area contributed by atoms with Crippen molar-refractivity contribution >= 4 is 10.8 Å². The maximum Gasteiger partial charge on any atom is 0.0831 e. The number of rotatable bonds is 5. The predicted octanol–water partition coefficient (Wildman–Crippen LogP) is 2.10. The van der Waals surface area contributed by atoms with Crippen molar-refractivity contribution in [2.75, 3.05) is 6.54 Å². The molecule has 102 valence electrons. The minimum atomic E-state index is 0.727. The molecule has 2 aromatic heterocycles. The highest BCUT2D eigenvalue weighted by molar-refractivity contribution is 5.89. The standard InChI is InChI=1S/C15H17N5/c16-8-2-1-5-13-11-20(19-18-13)15-6-3-4-12-10-17-9-7-14(12)15/h3-4,6-7,9-11H,1-2,5,8,16H2. The first-order valence-corrected chi connectivity index (χ1v) is 6.83. The number of unbranched alkanes of at least 4 members (excludes halogenated alkanes) is 1. The Bertz CT molecular complexity index is 699. The first-order chi connectivity index (χ1) is 9.88. The Morgan fingerprint density at radius 2 is 2.10 bits per heavy atom. The van der Waals surface area contributed by atoms with E-state index < -0.39 is 0 Å². The third kappa shape index (κ3) is 2.53. The summed E-state index contributed by atoms with van der Waals surface area (Å²) in [5.74, 6) is 0.